The van der Waals surface area contributed by atoms with Crippen LogP contribution in [-0.2, 0) is 6.42 Å². The third-order valence-electron chi connectivity index (χ3n) is 5.90. The summed E-state index contributed by atoms with van der Waals surface area (Å²) >= 11 is 0. The molecule has 0 aliphatic carbocycles. The molecule has 0 spiro atoms. The van der Waals surface area contributed by atoms with E-state index >= 15 is 0 Å². The van der Waals surface area contributed by atoms with Crippen LogP contribution in [0.1, 0.15) is 56.9 Å². The second-order valence-electron chi connectivity index (χ2n) is 8.29. The van der Waals surface area contributed by atoms with E-state index < -0.39 is 0 Å². The molecule has 2 aromatic rings. The number of hydrogen-bond donors (Lipinski definition) is 2. The van der Waals surface area contributed by atoms with Crippen molar-refractivity contribution in [2.45, 2.75) is 57.8 Å². The molecule has 0 amide bonds. The van der Waals surface area contributed by atoms with Gasteiger partial charge in [0.15, 0.2) is 0 Å². The highest BCUT2D eigenvalue weighted by molar-refractivity contribution is 5.64. The summed E-state index contributed by atoms with van der Waals surface area (Å²) in [7, 11) is 1.69. The fourth-order valence-corrected chi connectivity index (χ4v) is 3.99. The minimum Gasteiger partial charge on any atom is -0.497 e. The summed E-state index contributed by atoms with van der Waals surface area (Å²) in [6, 6.07) is 17.2. The van der Waals surface area contributed by atoms with Crippen molar-refractivity contribution in [3.8, 4) is 16.9 Å². The van der Waals surface area contributed by atoms with Crippen molar-refractivity contribution < 1.29 is 14.9 Å². The lowest BCUT2D eigenvalue weighted by molar-refractivity contribution is 0.159. The van der Waals surface area contributed by atoms with Gasteiger partial charge in [-0.15, -0.1) is 0 Å². The number of benzene rings is 2. The van der Waals surface area contributed by atoms with Crippen molar-refractivity contribution >= 4 is 0 Å². The van der Waals surface area contributed by atoms with E-state index in [-0.39, 0.29) is 13.2 Å². The van der Waals surface area contributed by atoms with E-state index in [1.54, 1.807) is 7.11 Å². The number of nitrogens with zero attached hydrogens (tertiary/aromatic N) is 1. The molecule has 0 bridgehead atoms. The lowest BCUT2D eigenvalue weighted by atomic mass is 10.0. The fraction of sp³-hybridized carbons (Fsp3) is 0.556. The maximum absolute atomic E-state index is 9.03. The molecule has 0 fully saturated rings. The zero-order chi connectivity index (χ0) is 22.2. The fourth-order valence-electron chi connectivity index (χ4n) is 3.99. The number of methoxy groups -OCH3 is 1. The number of aliphatic hydroxyl groups is 2. The summed E-state index contributed by atoms with van der Waals surface area (Å²) in [5.74, 6) is 0.892. The number of aliphatic hydroxyl groups excluding tert-OH is 2. The number of unbranched alkanes of at least 4 members (excludes halogenated alkanes) is 7. The zero-order valence-electron chi connectivity index (χ0n) is 19.3. The SMILES string of the molecule is COc1ccc(-c2ccc(CCCCCCCCCCN(CCO)CCO)cc2)cc1. The lowest BCUT2D eigenvalue weighted by Crippen LogP contribution is -2.30. The van der Waals surface area contributed by atoms with Gasteiger partial charge < -0.3 is 14.9 Å². The smallest absolute Gasteiger partial charge is 0.118 e. The molecule has 2 rings (SSSR count). The van der Waals surface area contributed by atoms with E-state index in [0.29, 0.717) is 13.1 Å². The average Bonchev–Trinajstić information content (AvgIpc) is 2.81. The van der Waals surface area contributed by atoms with Crippen molar-refractivity contribution in [2.75, 3.05) is 40.0 Å². The van der Waals surface area contributed by atoms with Crippen molar-refractivity contribution in [1.29, 1.82) is 0 Å². The minimum absolute atomic E-state index is 0.173. The standard InChI is InChI=1S/C27H41NO3/c1-31-27-17-15-26(16-18-27)25-13-11-24(12-14-25)10-8-6-4-2-3-5-7-9-19-28(20-22-29)21-23-30/h11-18,29-30H,2-10,19-23H2,1H3. The average molecular weight is 428 g/mol. The summed E-state index contributed by atoms with van der Waals surface area (Å²) < 4.78 is 5.23. The first-order valence-electron chi connectivity index (χ1n) is 11.9. The Labute approximate surface area is 188 Å². The van der Waals surface area contributed by atoms with E-state index in [1.165, 1.54) is 61.6 Å². The molecule has 0 heterocycles. The first kappa shape index (κ1) is 25.4. The van der Waals surface area contributed by atoms with Crippen LogP contribution in [0.15, 0.2) is 48.5 Å². The van der Waals surface area contributed by atoms with E-state index in [4.69, 9.17) is 14.9 Å². The summed E-state index contributed by atoms with van der Waals surface area (Å²) in [6.07, 6.45) is 11.4. The van der Waals surface area contributed by atoms with Crippen LogP contribution in [0.3, 0.4) is 0 Å². The second-order valence-corrected chi connectivity index (χ2v) is 8.29. The predicted molar refractivity (Wildman–Crippen MR) is 130 cm³/mol. The predicted octanol–water partition coefficient (Wildman–Crippen LogP) is 5.31. The summed E-state index contributed by atoms with van der Waals surface area (Å²) in [5.41, 5.74) is 3.90. The van der Waals surface area contributed by atoms with E-state index in [9.17, 15) is 0 Å². The molecule has 2 N–H and O–H groups in total. The normalized spacial score (nSPS) is 11.2. The number of hydrogen-bond acceptors (Lipinski definition) is 4. The van der Waals surface area contributed by atoms with Gasteiger partial charge >= 0.3 is 0 Å². The topological polar surface area (TPSA) is 52.9 Å². The Morgan fingerprint density at radius 1 is 0.613 bits per heavy atom. The molecule has 0 aliphatic rings. The first-order chi connectivity index (χ1) is 15.3. The van der Waals surface area contributed by atoms with Crippen LogP contribution in [0.5, 0.6) is 5.75 Å². The van der Waals surface area contributed by atoms with Gasteiger partial charge in [0.1, 0.15) is 5.75 Å². The molecule has 0 atom stereocenters. The van der Waals surface area contributed by atoms with Crippen LogP contribution >= 0.6 is 0 Å². The Morgan fingerprint density at radius 2 is 1.10 bits per heavy atom. The molecule has 0 saturated carbocycles. The van der Waals surface area contributed by atoms with Crippen molar-refractivity contribution in [1.82, 2.24) is 4.90 Å². The molecule has 0 aliphatic heterocycles. The first-order valence-corrected chi connectivity index (χ1v) is 11.9. The van der Waals surface area contributed by atoms with Crippen LogP contribution in [0, 0.1) is 0 Å². The van der Waals surface area contributed by atoms with Gasteiger partial charge in [-0.25, -0.2) is 0 Å². The highest BCUT2D eigenvalue weighted by Gasteiger charge is 2.03. The molecular weight excluding hydrogens is 386 g/mol. The molecule has 0 radical (unpaired) electrons. The van der Waals surface area contributed by atoms with Crippen LogP contribution in [-0.4, -0.2) is 55.1 Å². The molecule has 4 nitrogen and oxygen atoms in total. The molecular formula is C27H41NO3. The van der Waals surface area contributed by atoms with Crippen LogP contribution < -0.4 is 4.74 Å². The number of aryl methyl sites for hydroxylation is 1. The highest BCUT2D eigenvalue weighted by Crippen LogP contribution is 2.23. The molecule has 31 heavy (non-hydrogen) atoms. The largest absolute Gasteiger partial charge is 0.497 e. The minimum atomic E-state index is 0.173. The third kappa shape index (κ3) is 10.3. The summed E-state index contributed by atoms with van der Waals surface area (Å²) in [5, 5.41) is 18.1. The van der Waals surface area contributed by atoms with Gasteiger partial charge in [-0.1, -0.05) is 74.9 Å². The highest BCUT2D eigenvalue weighted by atomic mass is 16.5. The van der Waals surface area contributed by atoms with E-state index in [0.717, 1.165) is 25.1 Å². The van der Waals surface area contributed by atoms with Crippen LogP contribution in [0.25, 0.3) is 11.1 Å². The van der Waals surface area contributed by atoms with Gasteiger partial charge in [0.25, 0.3) is 0 Å². The van der Waals surface area contributed by atoms with Crippen molar-refractivity contribution in [2.24, 2.45) is 0 Å². The summed E-state index contributed by atoms with van der Waals surface area (Å²) in [6.45, 7) is 2.67. The maximum Gasteiger partial charge on any atom is 0.118 e. The zero-order valence-corrected chi connectivity index (χ0v) is 19.3. The lowest BCUT2D eigenvalue weighted by Gasteiger charge is -2.19. The van der Waals surface area contributed by atoms with Gasteiger partial charge in [0, 0.05) is 13.1 Å². The Kier molecular flexibility index (Phi) is 13.0. The number of ether oxygens (including phenoxy) is 1. The second kappa shape index (κ2) is 15.9. The maximum atomic E-state index is 9.03. The molecule has 0 aromatic heterocycles. The van der Waals surface area contributed by atoms with Gasteiger partial charge in [-0.2, -0.15) is 0 Å². The molecule has 0 unspecified atom stereocenters. The third-order valence-corrected chi connectivity index (χ3v) is 5.90. The number of rotatable bonds is 17. The van der Waals surface area contributed by atoms with Gasteiger partial charge in [0.2, 0.25) is 0 Å². The Hall–Kier alpha value is -1.88. The Bertz CT molecular complexity index is 679. The molecule has 172 valence electrons. The van der Waals surface area contributed by atoms with E-state index in [2.05, 4.69) is 41.3 Å². The van der Waals surface area contributed by atoms with Crippen LogP contribution in [0.2, 0.25) is 0 Å². The molecule has 0 saturated heterocycles. The van der Waals surface area contributed by atoms with E-state index in [1.807, 2.05) is 12.1 Å². The van der Waals surface area contributed by atoms with Crippen LogP contribution in [0.4, 0.5) is 0 Å². The van der Waals surface area contributed by atoms with Crippen molar-refractivity contribution in [3.05, 3.63) is 54.1 Å². The van der Waals surface area contributed by atoms with Gasteiger partial charge in [-0.05, 0) is 54.6 Å². The Balaban J connectivity index is 1.51. The quantitative estimate of drug-likeness (QED) is 0.336. The molecule has 4 heteroatoms. The Morgan fingerprint density at radius 3 is 1.61 bits per heavy atom. The van der Waals surface area contributed by atoms with Gasteiger partial charge in [-0.3, -0.25) is 4.90 Å². The summed E-state index contributed by atoms with van der Waals surface area (Å²) in [4.78, 5) is 2.14. The van der Waals surface area contributed by atoms with Gasteiger partial charge in [0.05, 0.1) is 20.3 Å². The monoisotopic (exact) mass is 427 g/mol. The van der Waals surface area contributed by atoms with Crippen molar-refractivity contribution in [3.63, 3.8) is 0 Å². The molecule has 2 aromatic carbocycles.